The smallest absolute Gasteiger partial charge is 0.319 e. The molecule has 25 heavy (non-hydrogen) atoms. The summed E-state index contributed by atoms with van der Waals surface area (Å²) in [6.07, 6.45) is 10.1. The van der Waals surface area contributed by atoms with Crippen LogP contribution in [0.2, 0.25) is 0 Å². The SMILES string of the molecule is CN=C(NCCCOC1CCCCC1)NCc1nccn1C(F)F.I. The van der Waals surface area contributed by atoms with Crippen molar-refractivity contribution in [2.45, 2.75) is 57.7 Å². The number of hydrogen-bond acceptors (Lipinski definition) is 3. The molecule has 0 amide bonds. The highest BCUT2D eigenvalue weighted by Gasteiger charge is 2.13. The quantitative estimate of drug-likeness (QED) is 0.265. The molecule has 0 radical (unpaired) electrons. The standard InChI is InChI=1S/C16H27F2N5O.HI/c1-19-16(22-12-14-20-9-10-23(14)15(17)18)21-8-5-11-24-13-6-3-2-4-7-13;/h9-10,13,15H,2-8,11-12H2,1H3,(H2,19,21,22);1H. The average molecular weight is 471 g/mol. The van der Waals surface area contributed by atoms with E-state index >= 15 is 0 Å². The highest BCUT2D eigenvalue weighted by atomic mass is 127. The Labute approximate surface area is 164 Å². The Kier molecular flexibility index (Phi) is 10.9. The summed E-state index contributed by atoms with van der Waals surface area (Å²) in [6, 6.07) is 0. The lowest BCUT2D eigenvalue weighted by Gasteiger charge is -2.22. The van der Waals surface area contributed by atoms with Crippen molar-refractivity contribution in [3.8, 4) is 0 Å². The molecule has 1 aliphatic carbocycles. The highest BCUT2D eigenvalue weighted by Crippen LogP contribution is 2.20. The molecule has 0 unspecified atom stereocenters. The van der Waals surface area contributed by atoms with Gasteiger partial charge in [0, 0.05) is 32.6 Å². The predicted octanol–water partition coefficient (Wildman–Crippen LogP) is 3.30. The van der Waals surface area contributed by atoms with Crippen LogP contribution in [0.25, 0.3) is 0 Å². The summed E-state index contributed by atoms with van der Waals surface area (Å²) in [5.74, 6) is 0.838. The van der Waals surface area contributed by atoms with E-state index in [2.05, 4.69) is 20.6 Å². The van der Waals surface area contributed by atoms with Gasteiger partial charge in [0.15, 0.2) is 5.96 Å². The average Bonchev–Trinajstić information content (AvgIpc) is 3.07. The van der Waals surface area contributed by atoms with Gasteiger partial charge in [-0.3, -0.25) is 9.56 Å². The van der Waals surface area contributed by atoms with Crippen molar-refractivity contribution < 1.29 is 13.5 Å². The summed E-state index contributed by atoms with van der Waals surface area (Å²) in [7, 11) is 1.65. The van der Waals surface area contributed by atoms with Crippen LogP contribution in [0, 0.1) is 0 Å². The molecule has 6 nitrogen and oxygen atoms in total. The molecule has 1 fully saturated rings. The van der Waals surface area contributed by atoms with E-state index in [1.807, 2.05) is 0 Å². The van der Waals surface area contributed by atoms with Crippen LogP contribution in [0.4, 0.5) is 8.78 Å². The van der Waals surface area contributed by atoms with Crippen molar-refractivity contribution in [3.05, 3.63) is 18.2 Å². The number of imidazole rings is 1. The fourth-order valence-corrected chi connectivity index (χ4v) is 2.80. The number of nitrogens with zero attached hydrogens (tertiary/aromatic N) is 3. The normalized spacial score (nSPS) is 15.9. The van der Waals surface area contributed by atoms with E-state index in [0.29, 0.717) is 12.1 Å². The van der Waals surface area contributed by atoms with Crippen LogP contribution >= 0.6 is 24.0 Å². The number of alkyl halides is 2. The number of aromatic nitrogens is 2. The molecule has 1 heterocycles. The van der Waals surface area contributed by atoms with Crippen molar-refractivity contribution in [2.24, 2.45) is 4.99 Å². The maximum Gasteiger partial charge on any atom is 0.319 e. The van der Waals surface area contributed by atoms with Crippen LogP contribution < -0.4 is 10.6 Å². The lowest BCUT2D eigenvalue weighted by molar-refractivity contribution is 0.0277. The number of nitrogens with one attached hydrogen (secondary N) is 2. The minimum absolute atomic E-state index is 0. The van der Waals surface area contributed by atoms with Gasteiger partial charge >= 0.3 is 6.55 Å². The summed E-state index contributed by atoms with van der Waals surface area (Å²) in [4.78, 5) is 8.00. The molecule has 1 aromatic heterocycles. The zero-order valence-corrected chi connectivity index (χ0v) is 16.9. The lowest BCUT2D eigenvalue weighted by Crippen LogP contribution is -2.38. The van der Waals surface area contributed by atoms with E-state index in [4.69, 9.17) is 4.74 Å². The molecule has 1 saturated carbocycles. The topological polar surface area (TPSA) is 63.5 Å². The van der Waals surface area contributed by atoms with Crippen LogP contribution in [-0.2, 0) is 11.3 Å². The Morgan fingerprint density at radius 2 is 2.12 bits per heavy atom. The third-order valence-corrected chi connectivity index (χ3v) is 4.12. The monoisotopic (exact) mass is 471 g/mol. The zero-order chi connectivity index (χ0) is 17.2. The number of rotatable bonds is 8. The summed E-state index contributed by atoms with van der Waals surface area (Å²) in [5.41, 5.74) is 0. The number of halogens is 3. The van der Waals surface area contributed by atoms with E-state index in [1.165, 1.54) is 44.5 Å². The van der Waals surface area contributed by atoms with Gasteiger partial charge in [0.25, 0.3) is 0 Å². The molecular weight excluding hydrogens is 443 g/mol. The maximum absolute atomic E-state index is 12.7. The van der Waals surface area contributed by atoms with Crippen LogP contribution in [0.3, 0.4) is 0 Å². The van der Waals surface area contributed by atoms with Crippen molar-refractivity contribution in [1.29, 1.82) is 0 Å². The molecule has 0 bridgehead atoms. The Balaban J connectivity index is 0.00000312. The molecule has 0 saturated heterocycles. The summed E-state index contributed by atoms with van der Waals surface area (Å²) < 4.78 is 32.2. The molecule has 2 N–H and O–H groups in total. The van der Waals surface area contributed by atoms with Gasteiger partial charge in [-0.2, -0.15) is 8.78 Å². The number of ether oxygens (including phenoxy) is 1. The number of aliphatic imine (C=N–C) groups is 1. The third-order valence-electron chi connectivity index (χ3n) is 4.12. The summed E-state index contributed by atoms with van der Waals surface area (Å²) in [6.45, 7) is -0.952. The van der Waals surface area contributed by atoms with Crippen molar-refractivity contribution >= 4 is 29.9 Å². The second kappa shape index (κ2) is 12.4. The van der Waals surface area contributed by atoms with E-state index in [9.17, 15) is 8.78 Å². The molecule has 1 aromatic rings. The van der Waals surface area contributed by atoms with Gasteiger partial charge in [-0.1, -0.05) is 19.3 Å². The highest BCUT2D eigenvalue weighted by molar-refractivity contribution is 14.0. The largest absolute Gasteiger partial charge is 0.378 e. The predicted molar refractivity (Wildman–Crippen MR) is 105 cm³/mol. The lowest BCUT2D eigenvalue weighted by atomic mass is 9.98. The van der Waals surface area contributed by atoms with E-state index in [-0.39, 0.29) is 36.3 Å². The number of guanidine groups is 1. The second-order valence-electron chi connectivity index (χ2n) is 5.87. The van der Waals surface area contributed by atoms with Crippen LogP contribution in [0.15, 0.2) is 17.4 Å². The van der Waals surface area contributed by atoms with Crippen LogP contribution in [0.5, 0.6) is 0 Å². The molecule has 2 rings (SSSR count). The van der Waals surface area contributed by atoms with Gasteiger partial charge in [-0.05, 0) is 19.3 Å². The van der Waals surface area contributed by atoms with E-state index in [1.54, 1.807) is 7.05 Å². The molecule has 144 valence electrons. The fourth-order valence-electron chi connectivity index (χ4n) is 2.80. The summed E-state index contributed by atoms with van der Waals surface area (Å²) >= 11 is 0. The van der Waals surface area contributed by atoms with Crippen LogP contribution in [0.1, 0.15) is 50.9 Å². The molecule has 0 aliphatic heterocycles. The molecule has 0 atom stereocenters. The maximum atomic E-state index is 12.7. The Hall–Kier alpha value is -0.970. The zero-order valence-electron chi connectivity index (χ0n) is 14.6. The molecule has 0 spiro atoms. The third kappa shape index (κ3) is 7.85. The summed E-state index contributed by atoms with van der Waals surface area (Å²) in [5, 5.41) is 6.14. The van der Waals surface area contributed by atoms with Gasteiger partial charge in [-0.25, -0.2) is 4.98 Å². The first-order chi connectivity index (χ1) is 11.7. The first-order valence-corrected chi connectivity index (χ1v) is 8.56. The first-order valence-electron chi connectivity index (χ1n) is 8.56. The van der Waals surface area contributed by atoms with Crippen molar-refractivity contribution in [3.63, 3.8) is 0 Å². The Bertz CT molecular complexity index is 506. The molecule has 1 aliphatic rings. The second-order valence-corrected chi connectivity index (χ2v) is 5.87. The number of hydrogen-bond donors (Lipinski definition) is 2. The Morgan fingerprint density at radius 3 is 2.80 bits per heavy atom. The van der Waals surface area contributed by atoms with E-state index in [0.717, 1.165) is 24.1 Å². The van der Waals surface area contributed by atoms with Crippen molar-refractivity contribution in [1.82, 2.24) is 20.2 Å². The van der Waals surface area contributed by atoms with Gasteiger partial charge in [0.1, 0.15) is 5.82 Å². The molecular formula is C16H28F2IN5O. The van der Waals surface area contributed by atoms with Crippen LogP contribution in [-0.4, -0.2) is 41.8 Å². The Morgan fingerprint density at radius 1 is 1.36 bits per heavy atom. The minimum atomic E-state index is -2.59. The minimum Gasteiger partial charge on any atom is -0.378 e. The van der Waals surface area contributed by atoms with Gasteiger partial charge in [-0.15, -0.1) is 24.0 Å². The van der Waals surface area contributed by atoms with Gasteiger partial charge in [0.2, 0.25) is 0 Å². The fraction of sp³-hybridized carbons (Fsp3) is 0.750. The molecule has 9 heteroatoms. The van der Waals surface area contributed by atoms with E-state index < -0.39 is 6.55 Å². The van der Waals surface area contributed by atoms with Gasteiger partial charge in [0.05, 0.1) is 12.6 Å². The van der Waals surface area contributed by atoms with Gasteiger partial charge < -0.3 is 15.4 Å². The van der Waals surface area contributed by atoms with Crippen molar-refractivity contribution in [2.75, 3.05) is 20.2 Å². The molecule has 0 aromatic carbocycles. The first kappa shape index (κ1) is 22.1.